The number of aliphatic hydroxyl groups is 3. The molecule has 0 spiro atoms. The zero-order chi connectivity index (χ0) is 33.5. The number of amides is 2. The van der Waals surface area contributed by atoms with Crippen molar-refractivity contribution in [1.82, 2.24) is 10.2 Å². The molecule has 240 valence electrons. The third kappa shape index (κ3) is 4.65. The lowest BCUT2D eigenvalue weighted by Gasteiger charge is -2.59. The average molecular weight is 614 g/mol. The minimum atomic E-state index is -2.81. The molecule has 0 bridgehead atoms. The molecule has 1 fully saturated rings. The molecule has 13 heteroatoms. The fourth-order valence-corrected chi connectivity index (χ4v) is 7.41. The van der Waals surface area contributed by atoms with E-state index in [4.69, 9.17) is 5.73 Å². The molecule has 0 unspecified atom stereocenters. The Hall–Kier alpha value is -3.94. The van der Waals surface area contributed by atoms with Gasteiger partial charge in [0.2, 0.25) is 11.7 Å². The third-order valence-electron chi connectivity index (χ3n) is 9.14. The van der Waals surface area contributed by atoms with Crippen LogP contribution in [0.3, 0.4) is 0 Å². The van der Waals surface area contributed by atoms with Crippen molar-refractivity contribution in [3.05, 3.63) is 34.1 Å². The quantitative estimate of drug-likeness (QED) is 0.179. The maximum Gasteiger partial charge on any atom is 0.255 e. The summed E-state index contributed by atoms with van der Waals surface area (Å²) in [6.07, 6.45) is -0.00212. The van der Waals surface area contributed by atoms with Gasteiger partial charge in [-0.05, 0) is 59.3 Å². The van der Waals surface area contributed by atoms with E-state index < -0.39 is 68.7 Å². The number of fused-ring (bicyclic) bond motifs is 3. The van der Waals surface area contributed by atoms with Gasteiger partial charge in [0.15, 0.2) is 11.4 Å². The van der Waals surface area contributed by atoms with E-state index in [0.717, 1.165) is 0 Å². The molecule has 44 heavy (non-hydrogen) atoms. The van der Waals surface area contributed by atoms with Gasteiger partial charge in [-0.25, -0.2) is 0 Å². The molecule has 4 atom stereocenters. The van der Waals surface area contributed by atoms with Crippen LogP contribution < -0.4 is 21.3 Å². The normalized spacial score (nSPS) is 28.5. The number of anilines is 2. The van der Waals surface area contributed by atoms with Gasteiger partial charge in [-0.1, -0.05) is 13.8 Å². The zero-order valence-electron chi connectivity index (χ0n) is 26.7. The highest BCUT2D eigenvalue weighted by Crippen LogP contribution is 2.63. The van der Waals surface area contributed by atoms with Crippen molar-refractivity contribution in [1.29, 1.82) is 0 Å². The predicted octanol–water partition coefficient (Wildman–Crippen LogP) is 1.14. The van der Waals surface area contributed by atoms with Gasteiger partial charge in [-0.3, -0.25) is 24.1 Å². The Bertz CT molecular complexity index is 1550. The summed E-state index contributed by atoms with van der Waals surface area (Å²) < 4.78 is 0. The number of likely N-dealkylation sites (N-methyl/N-ethyl adjacent to an activating group) is 1. The Kier molecular flexibility index (Phi) is 7.73. The van der Waals surface area contributed by atoms with Gasteiger partial charge in [0.1, 0.15) is 22.8 Å². The molecule has 0 radical (unpaired) electrons. The molecule has 1 aromatic carbocycles. The summed E-state index contributed by atoms with van der Waals surface area (Å²) in [5.74, 6) is -6.02. The lowest BCUT2D eigenvalue weighted by atomic mass is 9.46. The van der Waals surface area contributed by atoms with E-state index in [-0.39, 0.29) is 41.7 Å². The van der Waals surface area contributed by atoms with Crippen LogP contribution in [-0.4, -0.2) is 101 Å². The lowest BCUT2D eigenvalue weighted by Crippen LogP contribution is -2.72. The van der Waals surface area contributed by atoms with Crippen molar-refractivity contribution in [2.75, 3.05) is 45.0 Å². The van der Waals surface area contributed by atoms with Crippen LogP contribution in [0.25, 0.3) is 5.76 Å². The van der Waals surface area contributed by atoms with Crippen LogP contribution in [0.1, 0.15) is 52.2 Å². The lowest BCUT2D eigenvalue weighted by molar-refractivity contribution is -0.176. The molecule has 0 aliphatic heterocycles. The number of aliphatic hydroxyl groups excluding tert-OH is 2. The molecule has 2 amide bonds. The highest BCUT2D eigenvalue weighted by molar-refractivity contribution is 6.25. The SMILES string of the molecule is CN(C)c1cc(NC(=O)CNC(C)(C)C)c(O)c2c1C[C@@]1(C)C[C@@]3(C)[C@H](N(C)C)C(=O)C(C(N)=O)=C(O)[C@@]3(O)C(=O)C1=C2O. The van der Waals surface area contributed by atoms with Gasteiger partial charge in [0, 0.05) is 41.7 Å². The van der Waals surface area contributed by atoms with Crippen LogP contribution in [0, 0.1) is 10.8 Å². The number of carbonyl (C=O) groups is 4. The summed E-state index contributed by atoms with van der Waals surface area (Å²) in [7, 11) is 6.60. The van der Waals surface area contributed by atoms with Crippen molar-refractivity contribution >= 4 is 40.5 Å². The first-order chi connectivity index (χ1) is 20.0. The summed E-state index contributed by atoms with van der Waals surface area (Å²) in [5.41, 5.74) is -0.869. The molecule has 3 aliphatic rings. The minimum Gasteiger partial charge on any atom is -0.508 e. The summed E-state index contributed by atoms with van der Waals surface area (Å²) in [4.78, 5) is 56.3. The predicted molar refractivity (Wildman–Crippen MR) is 164 cm³/mol. The topological polar surface area (TPSA) is 206 Å². The highest BCUT2D eigenvalue weighted by Gasteiger charge is 2.72. The number of nitrogens with zero attached hydrogens (tertiary/aromatic N) is 2. The number of carbonyl (C=O) groups excluding carboxylic acids is 4. The number of rotatable bonds is 6. The second kappa shape index (κ2) is 10.3. The molecule has 3 aliphatic carbocycles. The summed E-state index contributed by atoms with van der Waals surface area (Å²) in [6, 6.07) is 0.339. The van der Waals surface area contributed by atoms with E-state index >= 15 is 0 Å². The summed E-state index contributed by atoms with van der Waals surface area (Å²) in [6.45, 7) is 8.81. The molecule has 13 nitrogen and oxygen atoms in total. The fraction of sp³-hybridized carbons (Fsp3) is 0.548. The van der Waals surface area contributed by atoms with Crippen molar-refractivity contribution in [2.24, 2.45) is 16.6 Å². The van der Waals surface area contributed by atoms with Crippen LogP contribution >= 0.6 is 0 Å². The van der Waals surface area contributed by atoms with E-state index in [1.807, 2.05) is 20.8 Å². The number of nitrogens with two attached hydrogens (primary N) is 1. The van der Waals surface area contributed by atoms with Gasteiger partial charge in [-0.2, -0.15) is 0 Å². The highest BCUT2D eigenvalue weighted by atomic mass is 16.3. The van der Waals surface area contributed by atoms with Crippen LogP contribution in [0.2, 0.25) is 0 Å². The Balaban J connectivity index is 1.98. The van der Waals surface area contributed by atoms with Crippen molar-refractivity contribution in [3.63, 3.8) is 0 Å². The summed E-state index contributed by atoms with van der Waals surface area (Å²) in [5, 5.41) is 52.3. The van der Waals surface area contributed by atoms with Gasteiger partial charge in [-0.15, -0.1) is 0 Å². The number of hydrogen-bond acceptors (Lipinski definition) is 11. The van der Waals surface area contributed by atoms with Crippen molar-refractivity contribution in [2.45, 2.75) is 64.6 Å². The van der Waals surface area contributed by atoms with Crippen LogP contribution in [0.5, 0.6) is 5.75 Å². The second-order valence-corrected chi connectivity index (χ2v) is 14.1. The van der Waals surface area contributed by atoms with Crippen LogP contribution in [0.15, 0.2) is 23.0 Å². The number of phenolic OH excluding ortho intramolecular Hbond substituents is 1. The summed E-state index contributed by atoms with van der Waals surface area (Å²) >= 11 is 0. The Morgan fingerprint density at radius 2 is 1.68 bits per heavy atom. The Morgan fingerprint density at radius 1 is 1.09 bits per heavy atom. The molecular formula is C31H43N5O8. The number of Topliss-reactive ketones (excluding diaryl/α,β-unsaturated/α-hetero) is 2. The number of benzene rings is 1. The maximum atomic E-state index is 14.5. The first kappa shape index (κ1) is 33.0. The first-order valence-electron chi connectivity index (χ1n) is 14.3. The molecule has 0 aromatic heterocycles. The first-order valence-corrected chi connectivity index (χ1v) is 14.3. The molecule has 8 N–H and O–H groups in total. The van der Waals surface area contributed by atoms with Gasteiger partial charge in [0.05, 0.1) is 23.8 Å². The monoisotopic (exact) mass is 613 g/mol. The van der Waals surface area contributed by atoms with E-state index in [2.05, 4.69) is 10.6 Å². The number of nitrogens with one attached hydrogen (secondary N) is 2. The number of hydrogen-bond donors (Lipinski definition) is 7. The molecule has 0 heterocycles. The Morgan fingerprint density at radius 3 is 2.18 bits per heavy atom. The van der Waals surface area contributed by atoms with Gasteiger partial charge >= 0.3 is 0 Å². The minimum absolute atomic E-state index is 0.00888. The Labute approximate surface area is 256 Å². The van der Waals surface area contributed by atoms with E-state index in [9.17, 15) is 39.6 Å². The molecule has 4 rings (SSSR count). The molecule has 1 aromatic rings. The van der Waals surface area contributed by atoms with Gasteiger partial charge < -0.3 is 41.7 Å². The van der Waals surface area contributed by atoms with E-state index in [1.54, 1.807) is 46.1 Å². The fourth-order valence-electron chi connectivity index (χ4n) is 7.41. The van der Waals surface area contributed by atoms with Crippen molar-refractivity contribution in [3.8, 4) is 5.75 Å². The van der Waals surface area contributed by atoms with Crippen molar-refractivity contribution < 1.29 is 39.6 Å². The zero-order valence-corrected chi connectivity index (χ0v) is 26.7. The number of primary amides is 1. The largest absolute Gasteiger partial charge is 0.508 e. The maximum absolute atomic E-state index is 14.5. The van der Waals surface area contributed by atoms with Crippen LogP contribution in [-0.2, 0) is 25.6 Å². The van der Waals surface area contributed by atoms with Crippen LogP contribution in [0.4, 0.5) is 11.4 Å². The van der Waals surface area contributed by atoms with E-state index in [1.165, 1.54) is 11.8 Å². The second-order valence-electron chi connectivity index (χ2n) is 14.1. The number of aromatic hydroxyl groups is 1. The standard InChI is InChI=1S/C31H43N5O8/c1-28(2,3)33-12-17(37)34-15-10-16(35(6)7)14-11-29(4)13-30(5)24(36(8)9)23(40)19(27(32)43)25(41)31(30,44)26(42)20(29)22(39)18(14)21(15)38/h10,24,33,38-39,41,44H,11-13H2,1-9H3,(H2,32,43)(H,34,37)/t24-,29+,30+,31-/m1/s1. The molecular weight excluding hydrogens is 570 g/mol. The number of phenols is 1. The average Bonchev–Trinajstić information content (AvgIpc) is 2.85. The molecule has 0 saturated heterocycles. The number of ketones is 2. The third-order valence-corrected chi connectivity index (χ3v) is 9.14. The van der Waals surface area contributed by atoms with E-state index in [0.29, 0.717) is 11.3 Å². The molecule has 1 saturated carbocycles. The van der Waals surface area contributed by atoms with Gasteiger partial charge in [0.25, 0.3) is 5.91 Å². The smallest absolute Gasteiger partial charge is 0.255 e.